The van der Waals surface area contributed by atoms with Crippen molar-refractivity contribution in [2.24, 2.45) is 0 Å². The van der Waals surface area contributed by atoms with Crippen LogP contribution in [0.15, 0.2) is 48.9 Å². The Bertz CT molecular complexity index is 1190. The molecule has 0 aliphatic rings. The molecule has 0 bridgehead atoms. The van der Waals surface area contributed by atoms with Crippen molar-refractivity contribution >= 4 is 35.0 Å². The fraction of sp³-hybridized carbons (Fsp3) is 0.182. The minimum atomic E-state index is 0.492. The van der Waals surface area contributed by atoms with Crippen molar-refractivity contribution in [1.82, 2.24) is 24.9 Å². The third-order valence-electron chi connectivity index (χ3n) is 4.56. The highest BCUT2D eigenvalue weighted by atomic mass is 35.5. The smallest absolute Gasteiger partial charge is 0.223 e. The lowest BCUT2D eigenvalue weighted by molar-refractivity contribution is 1.02. The average molecular weight is 454 g/mol. The lowest BCUT2D eigenvalue weighted by Gasteiger charge is -2.12. The lowest BCUT2D eigenvalue weighted by atomic mass is 10.1. The second kappa shape index (κ2) is 9.32. The Morgan fingerprint density at radius 3 is 2.42 bits per heavy atom. The van der Waals surface area contributed by atoms with Gasteiger partial charge in [-0.3, -0.25) is 0 Å². The van der Waals surface area contributed by atoms with E-state index in [1.807, 2.05) is 38.2 Å². The number of hydrogen-bond donors (Lipinski definition) is 3. The van der Waals surface area contributed by atoms with E-state index in [0.717, 1.165) is 28.2 Å². The molecule has 4 aromatic rings. The first-order chi connectivity index (χ1) is 15.0. The van der Waals surface area contributed by atoms with E-state index in [2.05, 4.69) is 30.6 Å². The van der Waals surface area contributed by atoms with Gasteiger partial charge in [0.1, 0.15) is 11.6 Å². The third kappa shape index (κ3) is 5.13. The standard InChI is InChI=1S/C22H21Cl2N7/c1-13-3-6-19(27-10-13)25-7-8-26-22-29-12-17(21-28-11-14(2)30-21)20(31-22)16-5-4-15(23)9-18(16)24/h3-6,9-12H,7-8H2,1-2H3,(H,25,27)(H,28,30)(H,26,29,31). The zero-order valence-corrected chi connectivity index (χ0v) is 18.6. The molecule has 0 radical (unpaired) electrons. The third-order valence-corrected chi connectivity index (χ3v) is 5.11. The van der Waals surface area contributed by atoms with E-state index in [1.54, 1.807) is 24.5 Å². The monoisotopic (exact) mass is 453 g/mol. The zero-order chi connectivity index (χ0) is 21.8. The number of nitrogens with one attached hydrogen (secondary N) is 3. The van der Waals surface area contributed by atoms with Crippen LogP contribution in [0.5, 0.6) is 0 Å². The van der Waals surface area contributed by atoms with E-state index in [9.17, 15) is 0 Å². The first-order valence-electron chi connectivity index (χ1n) is 9.74. The molecular weight excluding hydrogens is 433 g/mol. The van der Waals surface area contributed by atoms with Gasteiger partial charge in [-0.2, -0.15) is 0 Å². The van der Waals surface area contributed by atoms with Crippen molar-refractivity contribution in [3.63, 3.8) is 0 Å². The predicted octanol–water partition coefficient (Wildman–Crippen LogP) is 5.38. The summed E-state index contributed by atoms with van der Waals surface area (Å²) in [6, 6.07) is 9.30. The van der Waals surface area contributed by atoms with Gasteiger partial charge in [-0.1, -0.05) is 29.3 Å². The van der Waals surface area contributed by atoms with Crippen LogP contribution in [0.2, 0.25) is 10.0 Å². The van der Waals surface area contributed by atoms with E-state index in [1.165, 1.54) is 0 Å². The molecule has 1 aromatic carbocycles. The minimum Gasteiger partial charge on any atom is -0.368 e. The molecule has 158 valence electrons. The Labute approximate surface area is 190 Å². The molecule has 0 aliphatic heterocycles. The van der Waals surface area contributed by atoms with Crippen LogP contribution in [0.3, 0.4) is 0 Å². The van der Waals surface area contributed by atoms with Crippen LogP contribution in [0.1, 0.15) is 11.3 Å². The van der Waals surface area contributed by atoms with E-state index < -0.39 is 0 Å². The number of aromatic nitrogens is 5. The molecule has 0 atom stereocenters. The molecule has 4 rings (SSSR count). The zero-order valence-electron chi connectivity index (χ0n) is 17.1. The molecule has 0 aliphatic carbocycles. The topological polar surface area (TPSA) is 91.4 Å². The highest BCUT2D eigenvalue weighted by molar-refractivity contribution is 6.36. The number of aromatic amines is 1. The van der Waals surface area contributed by atoms with E-state index in [4.69, 9.17) is 28.2 Å². The molecule has 0 unspecified atom stereocenters. The minimum absolute atomic E-state index is 0.492. The van der Waals surface area contributed by atoms with Gasteiger partial charge in [-0.05, 0) is 43.7 Å². The molecule has 3 heterocycles. The SMILES string of the molecule is Cc1ccc(NCCNc2ncc(-c3ncc(C)[nH]3)c(-c3ccc(Cl)cc3Cl)n2)nc1. The Balaban J connectivity index is 1.56. The summed E-state index contributed by atoms with van der Waals surface area (Å²) in [5.74, 6) is 1.99. The molecule has 3 N–H and O–H groups in total. The molecule has 0 amide bonds. The quantitative estimate of drug-likeness (QED) is 0.325. The maximum absolute atomic E-state index is 6.47. The Hall–Kier alpha value is -3.16. The fourth-order valence-corrected chi connectivity index (χ4v) is 3.51. The number of H-pyrrole nitrogens is 1. The summed E-state index contributed by atoms with van der Waals surface area (Å²) in [5.41, 5.74) is 4.24. The van der Waals surface area contributed by atoms with Crippen molar-refractivity contribution in [1.29, 1.82) is 0 Å². The van der Waals surface area contributed by atoms with Gasteiger partial charge in [-0.15, -0.1) is 0 Å². The predicted molar refractivity (Wildman–Crippen MR) is 126 cm³/mol. The van der Waals surface area contributed by atoms with Crippen LogP contribution < -0.4 is 10.6 Å². The normalized spacial score (nSPS) is 10.8. The van der Waals surface area contributed by atoms with Gasteiger partial charge in [-0.25, -0.2) is 19.9 Å². The van der Waals surface area contributed by atoms with Gasteiger partial charge in [0.15, 0.2) is 0 Å². The first-order valence-corrected chi connectivity index (χ1v) is 10.5. The number of hydrogen-bond acceptors (Lipinski definition) is 6. The van der Waals surface area contributed by atoms with Crippen LogP contribution in [-0.2, 0) is 0 Å². The van der Waals surface area contributed by atoms with Gasteiger partial charge in [0, 0.05) is 48.0 Å². The van der Waals surface area contributed by atoms with Crippen LogP contribution in [0, 0.1) is 13.8 Å². The van der Waals surface area contributed by atoms with Crippen molar-refractivity contribution in [2.45, 2.75) is 13.8 Å². The first kappa shape index (κ1) is 21.1. The average Bonchev–Trinajstić information content (AvgIpc) is 3.18. The summed E-state index contributed by atoms with van der Waals surface area (Å²) < 4.78 is 0. The maximum atomic E-state index is 6.47. The van der Waals surface area contributed by atoms with Crippen molar-refractivity contribution < 1.29 is 0 Å². The number of rotatable bonds is 7. The van der Waals surface area contributed by atoms with E-state index in [0.29, 0.717) is 40.6 Å². The summed E-state index contributed by atoms with van der Waals surface area (Å²) in [4.78, 5) is 21.2. The largest absolute Gasteiger partial charge is 0.368 e. The van der Waals surface area contributed by atoms with Gasteiger partial charge in [0.2, 0.25) is 5.95 Å². The summed E-state index contributed by atoms with van der Waals surface area (Å²) in [7, 11) is 0. The molecular formula is C22H21Cl2N7. The number of aryl methyl sites for hydroxylation is 2. The molecule has 3 aromatic heterocycles. The number of halogens is 2. The van der Waals surface area contributed by atoms with Crippen molar-refractivity contribution in [3.05, 3.63) is 70.2 Å². The van der Waals surface area contributed by atoms with E-state index in [-0.39, 0.29) is 0 Å². The number of benzene rings is 1. The molecule has 7 nitrogen and oxygen atoms in total. The number of anilines is 2. The molecule has 0 fully saturated rings. The summed E-state index contributed by atoms with van der Waals surface area (Å²) >= 11 is 12.6. The maximum Gasteiger partial charge on any atom is 0.223 e. The fourth-order valence-electron chi connectivity index (χ4n) is 3.01. The summed E-state index contributed by atoms with van der Waals surface area (Å²) in [6.45, 7) is 5.23. The highest BCUT2D eigenvalue weighted by Gasteiger charge is 2.16. The molecule has 0 saturated carbocycles. The van der Waals surface area contributed by atoms with Crippen LogP contribution in [0.25, 0.3) is 22.6 Å². The highest BCUT2D eigenvalue weighted by Crippen LogP contribution is 2.35. The van der Waals surface area contributed by atoms with Crippen LogP contribution >= 0.6 is 23.2 Å². The molecule has 31 heavy (non-hydrogen) atoms. The Morgan fingerprint density at radius 1 is 0.871 bits per heavy atom. The summed E-state index contributed by atoms with van der Waals surface area (Å²) in [6.07, 6.45) is 5.33. The molecule has 9 heteroatoms. The Kier molecular flexibility index (Phi) is 6.34. The van der Waals surface area contributed by atoms with Crippen LogP contribution in [0.4, 0.5) is 11.8 Å². The van der Waals surface area contributed by atoms with E-state index >= 15 is 0 Å². The Morgan fingerprint density at radius 2 is 1.71 bits per heavy atom. The second-order valence-electron chi connectivity index (χ2n) is 7.07. The van der Waals surface area contributed by atoms with Crippen molar-refractivity contribution in [3.8, 4) is 22.6 Å². The van der Waals surface area contributed by atoms with Crippen LogP contribution in [-0.4, -0.2) is 38.0 Å². The summed E-state index contributed by atoms with van der Waals surface area (Å²) in [5, 5.41) is 7.57. The number of nitrogens with zero attached hydrogens (tertiary/aromatic N) is 4. The van der Waals surface area contributed by atoms with Gasteiger partial charge < -0.3 is 15.6 Å². The van der Waals surface area contributed by atoms with Gasteiger partial charge >= 0.3 is 0 Å². The van der Waals surface area contributed by atoms with Crippen molar-refractivity contribution in [2.75, 3.05) is 23.7 Å². The number of pyridine rings is 1. The molecule has 0 spiro atoms. The van der Waals surface area contributed by atoms with Gasteiger partial charge in [0.05, 0.1) is 16.3 Å². The second-order valence-corrected chi connectivity index (χ2v) is 7.91. The molecule has 0 saturated heterocycles. The number of imidazole rings is 1. The lowest BCUT2D eigenvalue weighted by Crippen LogP contribution is -2.16. The van der Waals surface area contributed by atoms with Gasteiger partial charge in [0.25, 0.3) is 0 Å².